The topological polar surface area (TPSA) is 41.6 Å². The van der Waals surface area contributed by atoms with E-state index in [1.807, 2.05) is 0 Å². The number of carbonyl (C=O) groups is 1. The Morgan fingerprint density at radius 2 is 2.12 bits per heavy atom. The van der Waals surface area contributed by atoms with Crippen LogP contribution >= 0.6 is 11.3 Å². The zero-order valence-corrected chi connectivity index (χ0v) is 15.0. The lowest BCUT2D eigenvalue weighted by Gasteiger charge is -2.32. The van der Waals surface area contributed by atoms with Crippen molar-refractivity contribution in [2.24, 2.45) is 0 Å². The summed E-state index contributed by atoms with van der Waals surface area (Å²) in [5.74, 6) is -0.521. The van der Waals surface area contributed by atoms with Gasteiger partial charge in [0.25, 0.3) is 0 Å². The summed E-state index contributed by atoms with van der Waals surface area (Å²) in [5, 5.41) is 4.74. The number of hydrogen-bond acceptors (Lipinski definition) is 4. The van der Waals surface area contributed by atoms with Crippen LogP contribution in [0.25, 0.3) is 0 Å². The van der Waals surface area contributed by atoms with Gasteiger partial charge in [-0.25, -0.2) is 0 Å². The van der Waals surface area contributed by atoms with Gasteiger partial charge in [-0.3, -0.25) is 9.69 Å². The molecule has 0 saturated heterocycles. The molecule has 1 N–H and O–H groups in total. The fourth-order valence-corrected chi connectivity index (χ4v) is 4.05. The Kier molecular flexibility index (Phi) is 5.52. The average Bonchev–Trinajstić information content (AvgIpc) is 3.05. The molecule has 8 heteroatoms. The van der Waals surface area contributed by atoms with Gasteiger partial charge >= 0.3 is 6.36 Å². The molecule has 1 aromatic heterocycles. The highest BCUT2D eigenvalue weighted by molar-refractivity contribution is 7.10. The molecule has 1 aliphatic rings. The Hall–Kier alpha value is -2.06. The van der Waals surface area contributed by atoms with Gasteiger partial charge in [-0.2, -0.15) is 0 Å². The van der Waals surface area contributed by atoms with Gasteiger partial charge in [-0.05, 0) is 36.4 Å². The van der Waals surface area contributed by atoms with Crippen molar-refractivity contribution in [3.05, 3.63) is 51.7 Å². The molecule has 3 rings (SSSR count). The molecule has 1 atom stereocenters. The second kappa shape index (κ2) is 7.67. The van der Waals surface area contributed by atoms with E-state index in [1.165, 1.54) is 28.6 Å². The summed E-state index contributed by atoms with van der Waals surface area (Å²) in [4.78, 5) is 15.7. The predicted molar refractivity (Wildman–Crippen MR) is 93.0 cm³/mol. The van der Waals surface area contributed by atoms with Crippen molar-refractivity contribution in [2.75, 3.05) is 13.1 Å². The number of carbonyl (C=O) groups excluding carboxylic acids is 1. The molecule has 0 bridgehead atoms. The molecule has 1 aliphatic heterocycles. The summed E-state index contributed by atoms with van der Waals surface area (Å²) in [6.07, 6.45) is -3.85. The van der Waals surface area contributed by atoms with Crippen LogP contribution in [-0.4, -0.2) is 30.3 Å². The fourth-order valence-electron chi connectivity index (χ4n) is 3.09. The standard InChI is InChI=1S/C18H19F3N2O2S/c1-12-14-7-9-26-16(14)6-8-23(12)11-17(24)22-10-13-4-2-3-5-15(13)25-18(19,20)21/h2-5,7,9,12H,6,8,10-11H2,1H3,(H,22,24). The van der Waals surface area contributed by atoms with E-state index in [9.17, 15) is 18.0 Å². The van der Waals surface area contributed by atoms with Crippen LogP contribution in [0.5, 0.6) is 5.75 Å². The predicted octanol–water partition coefficient (Wildman–Crippen LogP) is 3.88. The number of nitrogens with zero attached hydrogens (tertiary/aromatic N) is 1. The first-order valence-corrected chi connectivity index (χ1v) is 9.12. The van der Waals surface area contributed by atoms with Gasteiger partial charge < -0.3 is 10.1 Å². The largest absolute Gasteiger partial charge is 0.573 e. The number of halogens is 3. The molecule has 0 saturated carbocycles. The Balaban J connectivity index is 1.57. The first kappa shape index (κ1) is 18.7. The molecule has 1 unspecified atom stereocenters. The molecule has 4 nitrogen and oxygen atoms in total. The number of para-hydroxylation sites is 1. The molecule has 2 aromatic rings. The van der Waals surface area contributed by atoms with Crippen molar-refractivity contribution >= 4 is 17.2 Å². The van der Waals surface area contributed by atoms with Crippen LogP contribution in [0.4, 0.5) is 13.2 Å². The number of benzene rings is 1. The van der Waals surface area contributed by atoms with E-state index >= 15 is 0 Å². The number of amides is 1. The molecule has 26 heavy (non-hydrogen) atoms. The van der Waals surface area contributed by atoms with E-state index < -0.39 is 6.36 Å². The SMILES string of the molecule is CC1c2ccsc2CCN1CC(=O)NCc1ccccc1OC(F)(F)F. The summed E-state index contributed by atoms with van der Waals surface area (Å²) in [7, 11) is 0. The maximum atomic E-state index is 12.5. The zero-order chi connectivity index (χ0) is 18.7. The number of ether oxygens (including phenoxy) is 1. The molecule has 0 radical (unpaired) electrons. The Morgan fingerprint density at radius 1 is 1.35 bits per heavy atom. The smallest absolute Gasteiger partial charge is 0.405 e. The van der Waals surface area contributed by atoms with Crippen LogP contribution < -0.4 is 10.1 Å². The highest BCUT2D eigenvalue weighted by Gasteiger charge is 2.32. The van der Waals surface area contributed by atoms with Gasteiger partial charge in [-0.1, -0.05) is 18.2 Å². The van der Waals surface area contributed by atoms with Crippen molar-refractivity contribution in [3.63, 3.8) is 0 Å². The minimum atomic E-state index is -4.76. The lowest BCUT2D eigenvalue weighted by Crippen LogP contribution is -2.41. The quantitative estimate of drug-likeness (QED) is 0.851. The van der Waals surface area contributed by atoms with Crippen molar-refractivity contribution in [1.29, 1.82) is 0 Å². The highest BCUT2D eigenvalue weighted by Crippen LogP contribution is 2.32. The highest BCUT2D eigenvalue weighted by atomic mass is 32.1. The maximum absolute atomic E-state index is 12.5. The van der Waals surface area contributed by atoms with E-state index in [0.29, 0.717) is 0 Å². The molecule has 0 aliphatic carbocycles. The minimum absolute atomic E-state index is 0.0169. The lowest BCUT2D eigenvalue weighted by atomic mass is 10.0. The first-order valence-electron chi connectivity index (χ1n) is 8.24. The summed E-state index contributed by atoms with van der Waals surface area (Å²) in [6.45, 7) is 3.04. The van der Waals surface area contributed by atoms with E-state index in [4.69, 9.17) is 0 Å². The Labute approximate surface area is 153 Å². The van der Waals surface area contributed by atoms with E-state index in [-0.39, 0.29) is 36.4 Å². The van der Waals surface area contributed by atoms with Gasteiger partial charge in [0.05, 0.1) is 6.54 Å². The van der Waals surface area contributed by atoms with Crippen molar-refractivity contribution in [1.82, 2.24) is 10.2 Å². The maximum Gasteiger partial charge on any atom is 0.573 e. The number of nitrogens with one attached hydrogen (secondary N) is 1. The number of alkyl halides is 3. The molecule has 0 fully saturated rings. The van der Waals surface area contributed by atoms with Gasteiger partial charge in [0, 0.05) is 29.6 Å². The van der Waals surface area contributed by atoms with Crippen LogP contribution in [0.15, 0.2) is 35.7 Å². The van der Waals surface area contributed by atoms with E-state index in [2.05, 4.69) is 33.3 Å². The van der Waals surface area contributed by atoms with Crippen LogP contribution in [-0.2, 0) is 17.8 Å². The molecule has 140 valence electrons. The third-order valence-electron chi connectivity index (χ3n) is 4.42. The van der Waals surface area contributed by atoms with Crippen molar-refractivity contribution < 1.29 is 22.7 Å². The molecule has 2 heterocycles. The zero-order valence-electron chi connectivity index (χ0n) is 14.2. The van der Waals surface area contributed by atoms with Crippen LogP contribution in [0.3, 0.4) is 0 Å². The summed E-state index contributed by atoms with van der Waals surface area (Å²) in [6, 6.07) is 8.04. The van der Waals surface area contributed by atoms with Crippen molar-refractivity contribution in [2.45, 2.75) is 32.3 Å². The second-order valence-electron chi connectivity index (χ2n) is 6.13. The Bertz CT molecular complexity index is 776. The van der Waals surface area contributed by atoms with Gasteiger partial charge in [0.1, 0.15) is 5.75 Å². The van der Waals surface area contributed by atoms with Gasteiger partial charge in [0.2, 0.25) is 5.91 Å². The third kappa shape index (κ3) is 4.56. The molecular weight excluding hydrogens is 365 g/mol. The average molecular weight is 384 g/mol. The molecule has 1 aromatic carbocycles. The second-order valence-corrected chi connectivity index (χ2v) is 7.13. The number of thiophene rings is 1. The van der Waals surface area contributed by atoms with E-state index in [0.717, 1.165) is 13.0 Å². The van der Waals surface area contributed by atoms with Crippen LogP contribution in [0, 0.1) is 0 Å². The van der Waals surface area contributed by atoms with Gasteiger partial charge in [-0.15, -0.1) is 24.5 Å². The third-order valence-corrected chi connectivity index (χ3v) is 5.42. The Morgan fingerprint density at radius 3 is 2.88 bits per heavy atom. The first-order chi connectivity index (χ1) is 12.3. The number of rotatable bonds is 5. The summed E-state index contributed by atoms with van der Waals surface area (Å²) < 4.78 is 41.4. The molecule has 1 amide bonds. The molecular formula is C18H19F3N2O2S. The molecule has 0 spiro atoms. The minimum Gasteiger partial charge on any atom is -0.405 e. The monoisotopic (exact) mass is 384 g/mol. The number of fused-ring (bicyclic) bond motifs is 1. The fraction of sp³-hybridized carbons (Fsp3) is 0.389. The van der Waals surface area contributed by atoms with Crippen LogP contribution in [0.2, 0.25) is 0 Å². The van der Waals surface area contributed by atoms with E-state index in [1.54, 1.807) is 17.4 Å². The normalized spacial score (nSPS) is 17.6. The summed E-state index contributed by atoms with van der Waals surface area (Å²) in [5.41, 5.74) is 1.53. The number of hydrogen-bond donors (Lipinski definition) is 1. The summed E-state index contributed by atoms with van der Waals surface area (Å²) >= 11 is 1.73. The van der Waals surface area contributed by atoms with Gasteiger partial charge in [0.15, 0.2) is 0 Å². The van der Waals surface area contributed by atoms with Crippen LogP contribution in [0.1, 0.15) is 29.0 Å². The van der Waals surface area contributed by atoms with Crippen molar-refractivity contribution in [3.8, 4) is 5.75 Å². The lowest BCUT2D eigenvalue weighted by molar-refractivity contribution is -0.274.